The van der Waals surface area contributed by atoms with Crippen molar-refractivity contribution in [3.05, 3.63) is 57.8 Å². The monoisotopic (exact) mass is 534 g/mol. The zero-order valence-corrected chi connectivity index (χ0v) is 20.1. The number of carbonyl (C=O) groups is 2. The quantitative estimate of drug-likeness (QED) is 0.487. The maximum Gasteiger partial charge on any atom is 0.490 e. The highest BCUT2D eigenvalue weighted by Gasteiger charge is 2.38. The van der Waals surface area contributed by atoms with Gasteiger partial charge in [0.2, 0.25) is 5.91 Å². The van der Waals surface area contributed by atoms with Crippen LogP contribution in [0.5, 0.6) is 0 Å². The van der Waals surface area contributed by atoms with Crippen molar-refractivity contribution in [2.75, 3.05) is 19.6 Å². The predicted octanol–water partition coefficient (Wildman–Crippen LogP) is 5.78. The van der Waals surface area contributed by atoms with Crippen molar-refractivity contribution in [2.24, 2.45) is 11.8 Å². The Kier molecular flexibility index (Phi) is 9.01. The van der Waals surface area contributed by atoms with Crippen molar-refractivity contribution in [2.45, 2.75) is 32.0 Å². The molecule has 2 saturated heterocycles. The standard InChI is InChI=1S/C22H23Cl2FN2O.C2HF3O2/c23-20-11-16(14-1-3-17(25)4-2-14)12-21(24)19(20)13-27-9-6-15(7-10-27)18-5-8-26-22(18)28;3-2(4,5)1(6)7/h1-4,11-12,15,18H,5-10,13H2,(H,26,28);(H,6,7)/t18-;/m1./s1. The van der Waals surface area contributed by atoms with E-state index in [-0.39, 0.29) is 17.6 Å². The van der Waals surface area contributed by atoms with Crippen LogP contribution in [0.3, 0.4) is 0 Å². The van der Waals surface area contributed by atoms with Crippen molar-refractivity contribution in [1.29, 1.82) is 0 Å². The summed E-state index contributed by atoms with van der Waals surface area (Å²) in [6.07, 6.45) is -2.06. The fourth-order valence-corrected chi connectivity index (χ4v) is 4.97. The third-order valence-corrected chi connectivity index (χ3v) is 6.91. The molecule has 5 nitrogen and oxygen atoms in total. The Balaban J connectivity index is 0.000000429. The average Bonchev–Trinajstić information content (AvgIpc) is 3.22. The number of aliphatic carboxylic acids is 1. The number of likely N-dealkylation sites (tertiary alicyclic amines) is 1. The van der Waals surface area contributed by atoms with Crippen molar-refractivity contribution >= 4 is 35.1 Å². The molecule has 1 atom stereocenters. The van der Waals surface area contributed by atoms with E-state index in [1.807, 2.05) is 12.1 Å². The largest absolute Gasteiger partial charge is 0.490 e. The molecular formula is C24H24Cl2F4N2O3. The number of alkyl halides is 3. The number of rotatable bonds is 4. The zero-order valence-electron chi connectivity index (χ0n) is 18.5. The number of piperidine rings is 1. The second-order valence-electron chi connectivity index (χ2n) is 8.53. The van der Waals surface area contributed by atoms with E-state index in [1.54, 1.807) is 12.1 Å². The summed E-state index contributed by atoms with van der Waals surface area (Å²) in [7, 11) is 0. The SMILES string of the molecule is O=C(O)C(F)(F)F.O=C1NCC[C@@H]1C1CCN(Cc2c(Cl)cc(-c3ccc(F)cc3)cc2Cl)CC1. The number of carboxylic acids is 1. The molecule has 0 bridgehead atoms. The summed E-state index contributed by atoms with van der Waals surface area (Å²) in [5.41, 5.74) is 2.68. The number of nitrogens with zero attached hydrogens (tertiary/aromatic N) is 1. The number of carboxylic acid groups (broad SMARTS) is 1. The minimum atomic E-state index is -5.08. The maximum absolute atomic E-state index is 13.2. The Labute approximate surface area is 210 Å². The fraction of sp³-hybridized carbons (Fsp3) is 0.417. The minimum absolute atomic E-state index is 0.185. The lowest BCUT2D eigenvalue weighted by atomic mass is 9.83. The van der Waals surface area contributed by atoms with E-state index in [2.05, 4.69) is 10.2 Å². The summed E-state index contributed by atoms with van der Waals surface area (Å²) in [5, 5.41) is 11.3. The molecule has 2 fully saturated rings. The van der Waals surface area contributed by atoms with Gasteiger partial charge in [-0.3, -0.25) is 9.69 Å². The van der Waals surface area contributed by atoms with Crippen LogP contribution in [0, 0.1) is 17.7 Å². The molecule has 0 unspecified atom stereocenters. The Bertz CT molecular complexity index is 1030. The molecular weight excluding hydrogens is 511 g/mol. The summed E-state index contributed by atoms with van der Waals surface area (Å²) >= 11 is 13.1. The molecule has 2 aliphatic rings. The number of hydrogen-bond acceptors (Lipinski definition) is 3. The highest BCUT2D eigenvalue weighted by molar-refractivity contribution is 6.36. The second-order valence-corrected chi connectivity index (χ2v) is 9.34. The maximum atomic E-state index is 13.2. The topological polar surface area (TPSA) is 69.6 Å². The van der Waals surface area contributed by atoms with Crippen LogP contribution in [0.1, 0.15) is 24.8 Å². The molecule has 2 N–H and O–H groups in total. The lowest BCUT2D eigenvalue weighted by molar-refractivity contribution is -0.192. The third-order valence-electron chi connectivity index (χ3n) is 6.24. The van der Waals surface area contributed by atoms with Crippen LogP contribution in [-0.2, 0) is 16.1 Å². The molecule has 2 aromatic carbocycles. The van der Waals surface area contributed by atoms with Gasteiger partial charge in [0, 0.05) is 34.6 Å². The minimum Gasteiger partial charge on any atom is -0.475 e. The Hall–Kier alpha value is -2.36. The molecule has 4 rings (SSSR count). The molecule has 1 amide bonds. The average molecular weight is 535 g/mol. The first-order chi connectivity index (χ1) is 16.5. The summed E-state index contributed by atoms with van der Waals surface area (Å²) in [6.45, 7) is 3.40. The molecule has 0 aliphatic carbocycles. The Morgan fingerprint density at radius 2 is 1.57 bits per heavy atom. The van der Waals surface area contributed by atoms with Crippen molar-refractivity contribution in [3.63, 3.8) is 0 Å². The highest BCUT2D eigenvalue weighted by atomic mass is 35.5. The van der Waals surface area contributed by atoms with Gasteiger partial charge in [-0.25, -0.2) is 9.18 Å². The van der Waals surface area contributed by atoms with Crippen LogP contribution in [0.15, 0.2) is 36.4 Å². The first kappa shape index (κ1) is 27.2. The molecule has 11 heteroatoms. The molecule has 35 heavy (non-hydrogen) atoms. The van der Waals surface area contributed by atoms with Gasteiger partial charge in [0.1, 0.15) is 5.82 Å². The molecule has 0 spiro atoms. The zero-order chi connectivity index (χ0) is 25.8. The van der Waals surface area contributed by atoms with Gasteiger partial charge < -0.3 is 10.4 Å². The van der Waals surface area contributed by atoms with Gasteiger partial charge in [0.05, 0.1) is 0 Å². The van der Waals surface area contributed by atoms with Crippen LogP contribution in [0.25, 0.3) is 11.1 Å². The van der Waals surface area contributed by atoms with E-state index in [1.165, 1.54) is 12.1 Å². The molecule has 0 saturated carbocycles. The van der Waals surface area contributed by atoms with E-state index in [4.69, 9.17) is 33.1 Å². The number of amides is 1. The fourth-order valence-electron chi connectivity index (χ4n) is 4.36. The van der Waals surface area contributed by atoms with Gasteiger partial charge in [-0.15, -0.1) is 0 Å². The Morgan fingerprint density at radius 3 is 2.03 bits per heavy atom. The number of hydrogen-bond donors (Lipinski definition) is 2. The summed E-state index contributed by atoms with van der Waals surface area (Å²) in [4.78, 5) is 23.2. The van der Waals surface area contributed by atoms with E-state index < -0.39 is 12.1 Å². The van der Waals surface area contributed by atoms with Crippen LogP contribution >= 0.6 is 23.2 Å². The van der Waals surface area contributed by atoms with Crippen molar-refractivity contribution in [3.8, 4) is 11.1 Å². The van der Waals surface area contributed by atoms with Crippen molar-refractivity contribution < 1.29 is 32.3 Å². The summed E-state index contributed by atoms with van der Waals surface area (Å²) in [6, 6.07) is 10.1. The molecule has 2 aliphatic heterocycles. The van der Waals surface area contributed by atoms with E-state index in [0.29, 0.717) is 22.5 Å². The first-order valence-corrected chi connectivity index (χ1v) is 11.8. The van der Waals surface area contributed by atoms with Gasteiger partial charge in [-0.1, -0.05) is 35.3 Å². The third kappa shape index (κ3) is 7.32. The van der Waals surface area contributed by atoms with Gasteiger partial charge in [-0.05, 0) is 73.7 Å². The second kappa shape index (κ2) is 11.6. The van der Waals surface area contributed by atoms with Gasteiger partial charge in [0.25, 0.3) is 0 Å². The highest BCUT2D eigenvalue weighted by Crippen LogP contribution is 2.35. The normalized spacial score (nSPS) is 19.1. The van der Waals surface area contributed by atoms with Crippen molar-refractivity contribution in [1.82, 2.24) is 10.2 Å². The van der Waals surface area contributed by atoms with Crippen LogP contribution in [0.4, 0.5) is 17.6 Å². The van der Waals surface area contributed by atoms with E-state index >= 15 is 0 Å². The van der Waals surface area contributed by atoms with Crippen LogP contribution in [-0.4, -0.2) is 47.7 Å². The smallest absolute Gasteiger partial charge is 0.475 e. The van der Waals surface area contributed by atoms with Crippen LogP contribution < -0.4 is 5.32 Å². The lowest BCUT2D eigenvalue weighted by Gasteiger charge is -2.34. The van der Waals surface area contributed by atoms with Gasteiger partial charge >= 0.3 is 12.1 Å². The van der Waals surface area contributed by atoms with Crippen LogP contribution in [0.2, 0.25) is 10.0 Å². The molecule has 0 radical (unpaired) electrons. The molecule has 2 heterocycles. The van der Waals surface area contributed by atoms with E-state index in [0.717, 1.165) is 55.6 Å². The number of carbonyl (C=O) groups excluding carboxylic acids is 1. The molecule has 2 aromatic rings. The predicted molar refractivity (Wildman–Crippen MR) is 125 cm³/mol. The summed E-state index contributed by atoms with van der Waals surface area (Å²) < 4.78 is 44.9. The Morgan fingerprint density at radius 1 is 1.03 bits per heavy atom. The number of benzene rings is 2. The van der Waals surface area contributed by atoms with E-state index in [9.17, 15) is 22.4 Å². The molecule has 0 aromatic heterocycles. The number of halogens is 6. The van der Waals surface area contributed by atoms with Gasteiger partial charge in [0.15, 0.2) is 0 Å². The number of nitrogens with one attached hydrogen (secondary N) is 1. The van der Waals surface area contributed by atoms with Gasteiger partial charge in [-0.2, -0.15) is 13.2 Å². The summed E-state index contributed by atoms with van der Waals surface area (Å²) in [5.74, 6) is -2.14. The lowest BCUT2D eigenvalue weighted by Crippen LogP contribution is -2.37. The molecule has 190 valence electrons. The first-order valence-electron chi connectivity index (χ1n) is 11.0.